The van der Waals surface area contributed by atoms with E-state index < -0.39 is 31.4 Å². The quantitative estimate of drug-likeness (QED) is 0.533. The highest BCUT2D eigenvalue weighted by molar-refractivity contribution is 7.89. The van der Waals surface area contributed by atoms with Crippen LogP contribution in [0.4, 0.5) is 0 Å². The van der Waals surface area contributed by atoms with E-state index in [1.165, 1.54) is 26.2 Å². The number of sulfone groups is 1. The molecule has 0 aliphatic carbocycles. The minimum atomic E-state index is -3.77. The Bertz CT molecular complexity index is 1150. The fraction of sp³-hybridized carbons (Fsp3) is 0.294. The third-order valence-electron chi connectivity index (χ3n) is 3.79. The van der Waals surface area contributed by atoms with E-state index in [9.17, 15) is 16.8 Å². The molecule has 0 fully saturated rings. The van der Waals surface area contributed by atoms with Gasteiger partial charge in [0.25, 0.3) is 10.0 Å². The van der Waals surface area contributed by atoms with Gasteiger partial charge >= 0.3 is 0 Å². The Morgan fingerprint density at radius 1 is 0.964 bits per heavy atom. The highest BCUT2D eigenvalue weighted by Crippen LogP contribution is 2.20. The molecule has 0 N–H and O–H groups in total. The summed E-state index contributed by atoms with van der Waals surface area (Å²) in [5, 5.41) is 3.49. The summed E-state index contributed by atoms with van der Waals surface area (Å²) in [6.45, 7) is 0. The van der Waals surface area contributed by atoms with Crippen molar-refractivity contribution in [3.8, 4) is 0 Å². The summed E-state index contributed by atoms with van der Waals surface area (Å²) >= 11 is 0. The summed E-state index contributed by atoms with van der Waals surface area (Å²) in [6, 6.07) is 12.0. The highest BCUT2D eigenvalue weighted by atomic mass is 32.2. The molecule has 150 valence electrons. The van der Waals surface area contributed by atoms with Gasteiger partial charge in [-0.15, -0.1) is 0 Å². The Hall–Kier alpha value is -2.50. The molecule has 0 aliphatic heterocycles. The first kappa shape index (κ1) is 20.2. The zero-order valence-corrected chi connectivity index (χ0v) is 16.9. The van der Waals surface area contributed by atoms with Crippen LogP contribution in [0.3, 0.4) is 0 Å². The summed E-state index contributed by atoms with van der Waals surface area (Å²) in [6.07, 6.45) is 0.425. The van der Waals surface area contributed by atoms with Gasteiger partial charge in [0, 0.05) is 20.5 Å². The predicted molar refractivity (Wildman–Crippen MR) is 99.5 cm³/mol. The van der Waals surface area contributed by atoms with Crippen molar-refractivity contribution in [2.45, 2.75) is 23.0 Å². The third-order valence-corrected chi connectivity index (χ3v) is 6.89. The van der Waals surface area contributed by atoms with Gasteiger partial charge in [-0.25, -0.2) is 21.1 Å². The van der Waals surface area contributed by atoms with Gasteiger partial charge in [0.2, 0.25) is 11.0 Å². The van der Waals surface area contributed by atoms with E-state index in [2.05, 4.69) is 10.1 Å². The summed E-state index contributed by atoms with van der Waals surface area (Å²) in [5.74, 6) is -0.575. The second kappa shape index (κ2) is 7.86. The molecule has 11 heteroatoms. The van der Waals surface area contributed by atoms with Crippen molar-refractivity contribution < 1.29 is 25.8 Å². The van der Waals surface area contributed by atoms with Crippen LogP contribution in [0, 0.1) is 0 Å². The van der Waals surface area contributed by atoms with E-state index in [0.29, 0.717) is 12.2 Å². The van der Waals surface area contributed by atoms with Gasteiger partial charge in [-0.05, 0) is 17.7 Å². The Kier molecular flexibility index (Phi) is 5.68. The second-order valence-electron chi connectivity index (χ2n) is 6.31. The van der Waals surface area contributed by atoms with E-state index in [1.807, 2.05) is 30.3 Å². The van der Waals surface area contributed by atoms with Crippen molar-refractivity contribution in [3.63, 3.8) is 0 Å². The van der Waals surface area contributed by atoms with Gasteiger partial charge in [0.05, 0.1) is 0 Å². The molecular formula is C17H19N3O6S2. The lowest BCUT2D eigenvalue weighted by Gasteiger charge is -2.07. The van der Waals surface area contributed by atoms with Crippen molar-refractivity contribution in [3.05, 3.63) is 65.5 Å². The van der Waals surface area contributed by atoms with Crippen LogP contribution in [0.1, 0.15) is 23.0 Å². The molecule has 0 saturated carbocycles. The zero-order valence-electron chi connectivity index (χ0n) is 15.3. The van der Waals surface area contributed by atoms with Crippen LogP contribution in [-0.4, -0.2) is 45.4 Å². The Morgan fingerprint density at radius 3 is 2.36 bits per heavy atom. The summed E-state index contributed by atoms with van der Waals surface area (Å²) < 4.78 is 60.0. The lowest BCUT2D eigenvalue weighted by Crippen LogP contribution is -2.21. The van der Waals surface area contributed by atoms with Gasteiger partial charge in [-0.2, -0.15) is 4.98 Å². The Labute approximate surface area is 162 Å². The zero-order chi connectivity index (χ0) is 20.4. The largest absolute Gasteiger partial charge is 0.447 e. The number of sulfonamides is 1. The van der Waals surface area contributed by atoms with E-state index in [1.54, 1.807) is 0 Å². The van der Waals surface area contributed by atoms with Crippen molar-refractivity contribution in [2.75, 3.05) is 14.1 Å². The second-order valence-corrected chi connectivity index (χ2v) is 10.5. The third kappa shape index (κ3) is 4.86. The smallest absolute Gasteiger partial charge is 0.275 e. The molecule has 28 heavy (non-hydrogen) atoms. The van der Waals surface area contributed by atoms with Crippen LogP contribution in [-0.2, 0) is 37.8 Å². The average Bonchev–Trinajstić information content (AvgIpc) is 3.24. The lowest BCUT2D eigenvalue weighted by atomic mass is 10.1. The number of nitrogens with zero attached hydrogens (tertiary/aromatic N) is 3. The number of hydrogen-bond acceptors (Lipinski definition) is 8. The van der Waals surface area contributed by atoms with E-state index in [0.717, 1.165) is 9.87 Å². The van der Waals surface area contributed by atoms with Crippen LogP contribution >= 0.6 is 0 Å². The van der Waals surface area contributed by atoms with Crippen LogP contribution in [0.15, 0.2) is 56.5 Å². The maximum atomic E-state index is 12.4. The van der Waals surface area contributed by atoms with Crippen molar-refractivity contribution in [1.29, 1.82) is 0 Å². The van der Waals surface area contributed by atoms with Crippen molar-refractivity contribution in [1.82, 2.24) is 14.4 Å². The molecule has 1 aromatic carbocycles. The molecule has 0 amide bonds. The van der Waals surface area contributed by atoms with Crippen molar-refractivity contribution in [2.24, 2.45) is 0 Å². The molecule has 2 aromatic heterocycles. The normalized spacial score (nSPS) is 12.5. The van der Waals surface area contributed by atoms with Crippen LogP contribution in [0.5, 0.6) is 0 Å². The number of hydrogen-bond donors (Lipinski definition) is 0. The van der Waals surface area contributed by atoms with Gasteiger partial charge in [0.1, 0.15) is 17.3 Å². The maximum absolute atomic E-state index is 12.4. The van der Waals surface area contributed by atoms with Gasteiger partial charge in [-0.3, -0.25) is 0 Å². The molecule has 0 unspecified atom stereocenters. The first-order valence-corrected chi connectivity index (χ1v) is 11.5. The number of rotatable bonds is 8. The van der Waals surface area contributed by atoms with Crippen molar-refractivity contribution >= 4 is 19.9 Å². The molecule has 2 heterocycles. The Morgan fingerprint density at radius 2 is 1.68 bits per heavy atom. The fourth-order valence-electron chi connectivity index (χ4n) is 2.41. The SMILES string of the molecule is CN(C)S(=O)(=O)c1ccc(CS(=O)(=O)Cc2nc(Cc3ccccc3)no2)o1. The molecule has 9 nitrogen and oxygen atoms in total. The topological polar surface area (TPSA) is 124 Å². The fourth-order valence-corrected chi connectivity index (χ4v) is 4.41. The van der Waals surface area contributed by atoms with E-state index in [-0.39, 0.29) is 16.7 Å². The lowest BCUT2D eigenvalue weighted by molar-refractivity contribution is 0.382. The van der Waals surface area contributed by atoms with E-state index in [4.69, 9.17) is 8.94 Å². The van der Waals surface area contributed by atoms with Gasteiger partial charge in [-0.1, -0.05) is 35.5 Å². The average molecular weight is 425 g/mol. The molecule has 0 spiro atoms. The standard InChI is InChI=1S/C17H19N3O6S2/c1-20(2)28(23,24)17-9-8-14(25-17)11-27(21,22)12-16-18-15(19-26-16)10-13-6-4-3-5-7-13/h3-9H,10-12H2,1-2H3. The molecule has 0 radical (unpaired) electrons. The molecule has 0 atom stereocenters. The number of aromatic nitrogens is 2. The van der Waals surface area contributed by atoms with Gasteiger partial charge in [0.15, 0.2) is 15.7 Å². The molecule has 3 rings (SSSR count). The van der Waals surface area contributed by atoms with Crippen LogP contribution in [0.2, 0.25) is 0 Å². The van der Waals surface area contributed by atoms with Crippen LogP contribution in [0.25, 0.3) is 0 Å². The Balaban J connectivity index is 1.67. The first-order valence-electron chi connectivity index (χ1n) is 8.23. The monoisotopic (exact) mass is 425 g/mol. The van der Waals surface area contributed by atoms with Gasteiger partial charge < -0.3 is 8.94 Å². The predicted octanol–water partition coefficient (Wildman–Crippen LogP) is 1.62. The minimum absolute atomic E-state index is 0.0180. The number of furan rings is 1. The molecule has 3 aromatic rings. The molecule has 0 bridgehead atoms. The summed E-state index contributed by atoms with van der Waals surface area (Å²) in [5.41, 5.74) is 0.975. The summed E-state index contributed by atoms with van der Waals surface area (Å²) in [4.78, 5) is 4.11. The first-order chi connectivity index (χ1) is 13.2. The molecule has 0 saturated heterocycles. The van der Waals surface area contributed by atoms with Crippen LogP contribution < -0.4 is 0 Å². The highest BCUT2D eigenvalue weighted by Gasteiger charge is 2.24. The number of benzene rings is 1. The van der Waals surface area contributed by atoms with E-state index >= 15 is 0 Å². The molecular weight excluding hydrogens is 406 g/mol. The summed E-state index contributed by atoms with van der Waals surface area (Å²) in [7, 11) is -4.75. The maximum Gasteiger partial charge on any atom is 0.275 e. The minimum Gasteiger partial charge on any atom is -0.447 e. The molecule has 0 aliphatic rings.